The zero-order chi connectivity index (χ0) is 22.0. The van der Waals surface area contributed by atoms with Crippen molar-refractivity contribution in [2.75, 3.05) is 44.0 Å². The summed E-state index contributed by atoms with van der Waals surface area (Å²) in [7, 11) is 1.76. The van der Waals surface area contributed by atoms with Crippen LogP contribution in [0, 0.1) is 0 Å². The molecule has 0 amide bonds. The van der Waals surface area contributed by atoms with Crippen LogP contribution >= 0.6 is 11.6 Å². The van der Waals surface area contributed by atoms with Gasteiger partial charge in [-0.3, -0.25) is 9.88 Å². The van der Waals surface area contributed by atoms with E-state index in [-0.39, 0.29) is 11.7 Å². The Hall–Kier alpha value is -1.87. The van der Waals surface area contributed by atoms with Crippen molar-refractivity contribution in [3.63, 3.8) is 0 Å². The van der Waals surface area contributed by atoms with Gasteiger partial charge in [0.25, 0.3) is 0 Å². The van der Waals surface area contributed by atoms with Gasteiger partial charge in [-0.05, 0) is 50.8 Å². The minimum atomic E-state index is -0.332. The summed E-state index contributed by atoms with van der Waals surface area (Å²) in [5.74, 6) is 1.12. The number of nitrogen functional groups attached to an aromatic ring is 1. The minimum absolute atomic E-state index is 0.0334. The minimum Gasteiger partial charge on any atom is -0.376 e. The number of nitrogens with two attached hydrogens (primary N) is 1. The number of hydrogen-bond acceptors (Lipinski definition) is 7. The number of ether oxygens (including phenoxy) is 2. The fourth-order valence-corrected chi connectivity index (χ4v) is 4.73. The molecule has 2 aromatic rings. The zero-order valence-electron chi connectivity index (χ0n) is 18.6. The Balaban J connectivity index is 1.47. The topological polar surface area (TPSA) is 92.5 Å². The molecule has 1 unspecified atom stereocenters. The highest BCUT2D eigenvalue weighted by atomic mass is 35.5. The van der Waals surface area contributed by atoms with E-state index in [2.05, 4.69) is 51.0 Å². The van der Waals surface area contributed by atoms with Gasteiger partial charge in [-0.2, -0.15) is 0 Å². The highest BCUT2D eigenvalue weighted by Gasteiger charge is 2.41. The van der Waals surface area contributed by atoms with Crippen LogP contribution in [-0.2, 0) is 15.9 Å². The Morgan fingerprint density at radius 2 is 1.94 bits per heavy atom. The number of aromatic nitrogens is 3. The van der Waals surface area contributed by atoms with Crippen molar-refractivity contribution < 1.29 is 9.47 Å². The van der Waals surface area contributed by atoms with Gasteiger partial charge in [-0.15, -0.1) is 10.2 Å². The van der Waals surface area contributed by atoms with Crippen molar-refractivity contribution in [2.24, 2.45) is 0 Å². The molecule has 0 saturated carbocycles. The summed E-state index contributed by atoms with van der Waals surface area (Å²) >= 11 is 6.08. The number of piperidine rings is 1. The number of nitrogens with zero attached hydrogens (tertiary/aromatic N) is 4. The molecule has 2 aliphatic heterocycles. The van der Waals surface area contributed by atoms with Crippen molar-refractivity contribution in [2.45, 2.75) is 56.9 Å². The SMILES string of the molecule is COC(C)(C)C1CN(C2CCN(c3nnc(N)[nH]3)CC2)[C@@H](Cc2ccc(Cl)cc2)CO1. The second-order valence-electron chi connectivity index (χ2n) is 9.06. The molecule has 8 nitrogen and oxygen atoms in total. The molecule has 170 valence electrons. The molecule has 0 bridgehead atoms. The first kappa shape index (κ1) is 22.3. The van der Waals surface area contributed by atoms with Gasteiger partial charge in [0.2, 0.25) is 11.9 Å². The Morgan fingerprint density at radius 3 is 2.55 bits per heavy atom. The molecule has 0 spiro atoms. The molecule has 1 aromatic heterocycles. The molecule has 3 N–H and O–H groups in total. The van der Waals surface area contributed by atoms with Crippen LogP contribution in [0.5, 0.6) is 0 Å². The lowest BCUT2D eigenvalue weighted by Crippen LogP contribution is -2.61. The molecule has 3 heterocycles. The van der Waals surface area contributed by atoms with Crippen molar-refractivity contribution in [1.29, 1.82) is 0 Å². The smallest absolute Gasteiger partial charge is 0.226 e. The number of halogens is 1. The summed E-state index contributed by atoms with van der Waals surface area (Å²) in [6.07, 6.45) is 3.08. The largest absolute Gasteiger partial charge is 0.376 e. The number of rotatable bonds is 6. The Bertz CT molecular complexity index is 850. The van der Waals surface area contributed by atoms with Gasteiger partial charge >= 0.3 is 0 Å². The van der Waals surface area contributed by atoms with E-state index in [9.17, 15) is 0 Å². The maximum atomic E-state index is 6.32. The number of methoxy groups -OCH3 is 1. The molecule has 2 aliphatic rings. The van der Waals surface area contributed by atoms with Gasteiger partial charge in [0.05, 0.1) is 18.3 Å². The summed E-state index contributed by atoms with van der Waals surface area (Å²) in [6.45, 7) is 7.60. The van der Waals surface area contributed by atoms with E-state index in [0.717, 1.165) is 49.9 Å². The number of aromatic amines is 1. The standard InChI is InChI=1S/C22H33ClN6O2/c1-22(2,30-3)19-13-29(18(14-31-19)12-15-4-6-16(23)7-5-15)17-8-10-28(11-9-17)21-25-20(24)26-27-21/h4-7,17-19H,8-14H2,1-3H3,(H3,24,25,26,27)/t18-,19?/m0/s1. The summed E-state index contributed by atoms with van der Waals surface area (Å²) in [5, 5.41) is 8.80. The van der Waals surface area contributed by atoms with Crippen LogP contribution < -0.4 is 10.6 Å². The van der Waals surface area contributed by atoms with E-state index >= 15 is 0 Å². The maximum Gasteiger partial charge on any atom is 0.226 e. The first-order chi connectivity index (χ1) is 14.9. The number of nitrogens with one attached hydrogen (secondary N) is 1. The highest BCUT2D eigenvalue weighted by Crippen LogP contribution is 2.30. The van der Waals surface area contributed by atoms with Crippen LogP contribution in [0.1, 0.15) is 32.3 Å². The molecular formula is C22H33ClN6O2. The van der Waals surface area contributed by atoms with Crippen molar-refractivity contribution in [3.05, 3.63) is 34.9 Å². The molecule has 0 aliphatic carbocycles. The predicted octanol–water partition coefficient (Wildman–Crippen LogP) is 2.75. The quantitative estimate of drug-likeness (QED) is 0.701. The molecule has 2 fully saturated rings. The molecular weight excluding hydrogens is 416 g/mol. The van der Waals surface area contributed by atoms with Crippen LogP contribution in [0.25, 0.3) is 0 Å². The lowest BCUT2D eigenvalue weighted by molar-refractivity contribution is -0.165. The van der Waals surface area contributed by atoms with Crippen LogP contribution in [-0.4, -0.2) is 77.2 Å². The average Bonchev–Trinajstić information content (AvgIpc) is 3.22. The molecule has 9 heteroatoms. The van der Waals surface area contributed by atoms with E-state index in [4.69, 9.17) is 26.8 Å². The number of morpholine rings is 1. The molecule has 4 rings (SSSR count). The van der Waals surface area contributed by atoms with Crippen molar-refractivity contribution >= 4 is 23.5 Å². The van der Waals surface area contributed by atoms with Crippen LogP contribution in [0.4, 0.5) is 11.9 Å². The normalized spacial score (nSPS) is 23.9. The fraction of sp³-hybridized carbons (Fsp3) is 0.636. The maximum absolute atomic E-state index is 6.32. The summed E-state index contributed by atoms with van der Waals surface area (Å²) in [6, 6.07) is 8.95. The van der Waals surface area contributed by atoms with Crippen LogP contribution in [0.15, 0.2) is 24.3 Å². The Kier molecular flexibility index (Phi) is 6.71. The van der Waals surface area contributed by atoms with E-state index in [0.29, 0.717) is 24.6 Å². The third-order valence-electron chi connectivity index (χ3n) is 6.75. The van der Waals surface area contributed by atoms with E-state index in [1.807, 2.05) is 12.1 Å². The predicted molar refractivity (Wildman–Crippen MR) is 123 cm³/mol. The van der Waals surface area contributed by atoms with Gasteiger partial charge in [-0.1, -0.05) is 23.7 Å². The zero-order valence-corrected chi connectivity index (χ0v) is 19.3. The highest BCUT2D eigenvalue weighted by molar-refractivity contribution is 6.30. The fourth-order valence-electron chi connectivity index (χ4n) is 4.60. The van der Waals surface area contributed by atoms with Gasteiger partial charge in [-0.25, -0.2) is 0 Å². The monoisotopic (exact) mass is 448 g/mol. The molecule has 2 atom stereocenters. The summed E-state index contributed by atoms with van der Waals surface area (Å²) < 4.78 is 12.1. The van der Waals surface area contributed by atoms with E-state index in [1.54, 1.807) is 7.11 Å². The Labute approximate surface area is 189 Å². The second kappa shape index (κ2) is 9.32. The molecule has 0 radical (unpaired) electrons. The first-order valence-electron chi connectivity index (χ1n) is 11.0. The van der Waals surface area contributed by atoms with Gasteiger partial charge in [0, 0.05) is 43.9 Å². The lowest BCUT2D eigenvalue weighted by atomic mass is 9.92. The Morgan fingerprint density at radius 1 is 1.23 bits per heavy atom. The molecule has 2 saturated heterocycles. The number of H-pyrrole nitrogens is 1. The lowest BCUT2D eigenvalue weighted by Gasteiger charge is -2.49. The molecule has 31 heavy (non-hydrogen) atoms. The summed E-state index contributed by atoms with van der Waals surface area (Å²) in [5.41, 5.74) is 6.65. The summed E-state index contributed by atoms with van der Waals surface area (Å²) in [4.78, 5) is 7.92. The number of hydrogen-bond donors (Lipinski definition) is 2. The number of anilines is 2. The van der Waals surface area contributed by atoms with Crippen LogP contribution in [0.3, 0.4) is 0 Å². The second-order valence-corrected chi connectivity index (χ2v) is 9.50. The van der Waals surface area contributed by atoms with Crippen LogP contribution in [0.2, 0.25) is 5.02 Å². The third kappa shape index (κ3) is 5.14. The van der Waals surface area contributed by atoms with Gasteiger partial charge < -0.3 is 20.1 Å². The van der Waals surface area contributed by atoms with Crippen molar-refractivity contribution in [3.8, 4) is 0 Å². The van der Waals surface area contributed by atoms with E-state index < -0.39 is 0 Å². The molecule has 1 aromatic carbocycles. The van der Waals surface area contributed by atoms with E-state index in [1.165, 1.54) is 5.56 Å². The van der Waals surface area contributed by atoms with Gasteiger partial charge in [0.15, 0.2) is 0 Å². The third-order valence-corrected chi connectivity index (χ3v) is 7.00. The van der Waals surface area contributed by atoms with Gasteiger partial charge in [0.1, 0.15) is 0 Å². The number of benzene rings is 1. The average molecular weight is 449 g/mol. The first-order valence-corrected chi connectivity index (χ1v) is 11.3. The van der Waals surface area contributed by atoms with Crippen molar-refractivity contribution in [1.82, 2.24) is 20.1 Å².